The minimum atomic E-state index is -0.331. The molecule has 2 aromatic carbocycles. The Balaban J connectivity index is 1.11. The number of anilines is 1. The zero-order valence-electron chi connectivity index (χ0n) is 25.9. The molecule has 2 aromatic heterocycles. The first-order valence-electron chi connectivity index (χ1n) is 15.1. The van der Waals surface area contributed by atoms with Crippen molar-refractivity contribution in [3.8, 4) is 28.4 Å². The molecule has 0 bridgehead atoms. The number of carbonyl (C=O) groups excluding carboxylic acids is 2. The van der Waals surface area contributed by atoms with E-state index in [1.54, 1.807) is 24.3 Å². The van der Waals surface area contributed by atoms with E-state index in [1.807, 2.05) is 49.0 Å². The third-order valence-corrected chi connectivity index (χ3v) is 10.00. The number of carbonyl (C=O) groups is 2. The maximum absolute atomic E-state index is 13.4. The smallest absolute Gasteiger partial charge is 0.291 e. The number of ether oxygens (including phenoxy) is 1. The summed E-state index contributed by atoms with van der Waals surface area (Å²) in [4.78, 5) is 44.6. The van der Waals surface area contributed by atoms with Crippen LogP contribution in [-0.2, 0) is 31.4 Å². The first kappa shape index (κ1) is 30.6. The second-order valence-corrected chi connectivity index (χ2v) is 13.3. The van der Waals surface area contributed by atoms with Crippen LogP contribution in [0.15, 0.2) is 42.6 Å². The Hall–Kier alpha value is -4.03. The van der Waals surface area contributed by atoms with Gasteiger partial charge >= 0.3 is 0 Å². The topological polar surface area (TPSA) is 109 Å². The maximum atomic E-state index is 13.4. The number of likely N-dealkylation sites (tertiary alicyclic amines) is 2. The fourth-order valence-corrected chi connectivity index (χ4v) is 7.53. The average molecular weight is 662 g/mol. The molecule has 2 saturated heterocycles. The Kier molecular flexibility index (Phi) is 7.96. The highest BCUT2D eigenvalue weighted by Crippen LogP contribution is 2.42. The summed E-state index contributed by atoms with van der Waals surface area (Å²) in [6.45, 7) is 5.78. The Morgan fingerprint density at radius 3 is 2.48 bits per heavy atom. The van der Waals surface area contributed by atoms with Crippen LogP contribution in [0.4, 0.5) is 5.69 Å². The van der Waals surface area contributed by atoms with Gasteiger partial charge in [-0.1, -0.05) is 47.5 Å². The number of aromatic nitrogens is 4. The van der Waals surface area contributed by atoms with E-state index < -0.39 is 0 Å². The SMILES string of the molecule is COc1nc(-c2cccc(-c3cccc(NC(=O)c4nc5c(n4C)CCN(C)C5)c3Cl)c2Cl)ncc1CN1CC2(CN(C=O)C2)C1. The first-order chi connectivity index (χ1) is 22.2. The summed E-state index contributed by atoms with van der Waals surface area (Å²) < 4.78 is 7.53. The summed E-state index contributed by atoms with van der Waals surface area (Å²) >= 11 is 13.9. The number of hydrogen-bond acceptors (Lipinski definition) is 8. The molecule has 3 aliphatic heterocycles. The summed E-state index contributed by atoms with van der Waals surface area (Å²) in [5, 5.41) is 3.74. The second kappa shape index (κ2) is 12.0. The highest BCUT2D eigenvalue weighted by atomic mass is 35.5. The molecule has 3 aliphatic rings. The fraction of sp³-hybridized carbons (Fsp3) is 0.364. The van der Waals surface area contributed by atoms with Crippen molar-refractivity contribution in [1.82, 2.24) is 34.2 Å². The number of likely N-dealkylation sites (N-methyl/N-ethyl adjacent to an activating group) is 1. The van der Waals surface area contributed by atoms with Crippen molar-refractivity contribution in [3.63, 3.8) is 0 Å². The molecule has 7 rings (SSSR count). The molecule has 0 radical (unpaired) electrons. The lowest BCUT2D eigenvalue weighted by molar-refractivity contribution is -0.147. The van der Waals surface area contributed by atoms with Crippen LogP contribution in [0.5, 0.6) is 5.88 Å². The second-order valence-electron chi connectivity index (χ2n) is 12.5. The number of fused-ring (bicyclic) bond motifs is 1. The minimum absolute atomic E-state index is 0.222. The lowest BCUT2D eigenvalue weighted by Gasteiger charge is -2.59. The van der Waals surface area contributed by atoms with Crippen molar-refractivity contribution in [2.45, 2.75) is 19.5 Å². The molecule has 46 heavy (non-hydrogen) atoms. The average Bonchev–Trinajstić information content (AvgIpc) is 3.34. The summed E-state index contributed by atoms with van der Waals surface area (Å²) in [5.41, 5.74) is 5.53. The van der Waals surface area contributed by atoms with E-state index >= 15 is 0 Å². The van der Waals surface area contributed by atoms with Crippen molar-refractivity contribution < 1.29 is 14.3 Å². The minimum Gasteiger partial charge on any atom is -0.481 e. The number of benzene rings is 2. The fourth-order valence-electron chi connectivity index (χ4n) is 6.94. The molecule has 0 aliphatic carbocycles. The highest BCUT2D eigenvalue weighted by molar-refractivity contribution is 6.39. The van der Waals surface area contributed by atoms with Crippen LogP contribution in [0.1, 0.15) is 27.6 Å². The van der Waals surface area contributed by atoms with Crippen molar-refractivity contribution in [1.29, 1.82) is 0 Å². The molecular weight excluding hydrogens is 627 g/mol. The van der Waals surface area contributed by atoms with Crippen molar-refractivity contribution in [2.24, 2.45) is 12.5 Å². The van der Waals surface area contributed by atoms with E-state index in [0.29, 0.717) is 63.0 Å². The Morgan fingerprint density at radius 1 is 1.02 bits per heavy atom. The third-order valence-electron chi connectivity index (χ3n) is 9.18. The number of nitrogens with one attached hydrogen (secondary N) is 1. The van der Waals surface area contributed by atoms with Gasteiger partial charge in [0.1, 0.15) is 0 Å². The van der Waals surface area contributed by atoms with E-state index in [9.17, 15) is 9.59 Å². The van der Waals surface area contributed by atoms with Gasteiger partial charge in [-0.05, 0) is 19.2 Å². The van der Waals surface area contributed by atoms with Gasteiger partial charge in [-0.3, -0.25) is 14.5 Å². The molecule has 2 amide bonds. The van der Waals surface area contributed by atoms with Crippen LogP contribution in [0, 0.1) is 5.41 Å². The number of amides is 2. The summed E-state index contributed by atoms with van der Waals surface area (Å²) in [6, 6.07) is 11.0. The number of rotatable bonds is 8. The van der Waals surface area contributed by atoms with Gasteiger partial charge in [0.05, 0.1) is 28.5 Å². The predicted molar refractivity (Wildman–Crippen MR) is 176 cm³/mol. The van der Waals surface area contributed by atoms with Crippen LogP contribution >= 0.6 is 23.2 Å². The van der Waals surface area contributed by atoms with Gasteiger partial charge < -0.3 is 24.4 Å². The molecular formula is C33H34Cl2N8O3. The molecule has 4 aromatic rings. The zero-order valence-corrected chi connectivity index (χ0v) is 27.4. The van der Waals surface area contributed by atoms with E-state index in [1.165, 1.54) is 0 Å². The van der Waals surface area contributed by atoms with Gasteiger partial charge in [0.2, 0.25) is 12.3 Å². The Morgan fingerprint density at radius 2 is 1.74 bits per heavy atom. The molecule has 13 heteroatoms. The Labute approximate surface area is 277 Å². The lowest BCUT2D eigenvalue weighted by atomic mass is 9.73. The van der Waals surface area contributed by atoms with E-state index in [-0.39, 0.29) is 11.3 Å². The van der Waals surface area contributed by atoms with Crippen LogP contribution in [-0.4, -0.2) is 93.4 Å². The number of imidazole rings is 1. The van der Waals surface area contributed by atoms with Crippen LogP contribution in [0.3, 0.4) is 0 Å². The molecule has 1 spiro atoms. The predicted octanol–water partition coefficient (Wildman–Crippen LogP) is 4.37. The number of methoxy groups -OCH3 is 1. The van der Waals surface area contributed by atoms with Gasteiger partial charge in [0, 0.05) is 98.8 Å². The largest absolute Gasteiger partial charge is 0.481 e. The summed E-state index contributed by atoms with van der Waals surface area (Å²) in [5.74, 6) is 0.930. The van der Waals surface area contributed by atoms with Crippen molar-refractivity contribution >= 4 is 41.2 Å². The van der Waals surface area contributed by atoms with Gasteiger partial charge in [-0.25, -0.2) is 9.97 Å². The molecule has 1 N–H and O–H groups in total. The van der Waals surface area contributed by atoms with Gasteiger partial charge in [0.15, 0.2) is 11.6 Å². The quantitative estimate of drug-likeness (QED) is 0.278. The number of nitrogens with zero attached hydrogens (tertiary/aromatic N) is 7. The molecule has 11 nitrogen and oxygen atoms in total. The summed E-state index contributed by atoms with van der Waals surface area (Å²) in [7, 11) is 5.51. The number of hydrogen-bond donors (Lipinski definition) is 1. The summed E-state index contributed by atoms with van der Waals surface area (Å²) in [6.07, 6.45) is 3.54. The van der Waals surface area contributed by atoms with Crippen LogP contribution < -0.4 is 10.1 Å². The monoisotopic (exact) mass is 660 g/mol. The van der Waals surface area contributed by atoms with Crippen molar-refractivity contribution in [3.05, 3.63) is 75.4 Å². The Bertz CT molecular complexity index is 1850. The maximum Gasteiger partial charge on any atom is 0.291 e. The molecule has 0 saturated carbocycles. The van der Waals surface area contributed by atoms with Gasteiger partial charge in [-0.2, -0.15) is 4.98 Å². The van der Waals surface area contributed by atoms with Crippen LogP contribution in [0.25, 0.3) is 22.5 Å². The molecule has 238 valence electrons. The standard InChI is InChI=1S/C33H34Cl2N8O3/c1-40-11-10-26-25(14-40)37-30(41(26)2)31(45)38-24-9-5-7-22(28(24)35)21-6-4-8-23(27(21)34)29-36-12-20(32(39-29)46-3)13-42-15-33(16-42)17-43(18-33)19-44/h4-9,12,19H,10-11,13-18H2,1-3H3,(H,38,45). The normalized spacial score (nSPS) is 17.3. The number of halogens is 2. The van der Waals surface area contributed by atoms with Gasteiger partial charge in [-0.15, -0.1) is 0 Å². The molecule has 0 unspecified atom stereocenters. The molecule has 2 fully saturated rings. The highest BCUT2D eigenvalue weighted by Gasteiger charge is 2.51. The molecule has 0 atom stereocenters. The van der Waals surface area contributed by atoms with Gasteiger partial charge in [0.25, 0.3) is 5.91 Å². The van der Waals surface area contributed by atoms with Crippen LogP contribution in [0.2, 0.25) is 10.0 Å². The van der Waals surface area contributed by atoms with E-state index in [0.717, 1.165) is 62.5 Å². The third kappa shape index (κ3) is 5.41. The lowest BCUT2D eigenvalue weighted by Crippen LogP contribution is -2.71. The van der Waals surface area contributed by atoms with E-state index in [2.05, 4.69) is 25.1 Å². The first-order valence-corrected chi connectivity index (χ1v) is 15.9. The zero-order chi connectivity index (χ0) is 32.2. The molecule has 5 heterocycles. The van der Waals surface area contributed by atoms with E-state index in [4.69, 9.17) is 32.9 Å². The van der Waals surface area contributed by atoms with Crippen molar-refractivity contribution in [2.75, 3.05) is 52.2 Å².